The maximum Gasteiger partial charge on any atom is 0.411 e. The molecule has 0 aliphatic rings. The van der Waals surface area contributed by atoms with Gasteiger partial charge >= 0.3 is 12.4 Å². The van der Waals surface area contributed by atoms with Crippen molar-refractivity contribution in [3.8, 4) is 52.6 Å². The lowest BCUT2D eigenvalue weighted by atomic mass is 9.73. The monoisotopic (exact) mass is 868 g/mol. The largest absolute Gasteiger partial charge is 0.497 e. The Morgan fingerprint density at radius 2 is 0.983 bits per heavy atom. The summed E-state index contributed by atoms with van der Waals surface area (Å²) in [5.41, 5.74) is -5.35. The Kier molecular flexibility index (Phi) is 11.7. The number of aryl methyl sites for hydroxylation is 1. The molecule has 0 aliphatic carbocycles. The molecule has 6 aromatic carbocycles. The highest BCUT2D eigenvalue weighted by Gasteiger charge is 2.72. The maximum atomic E-state index is 14.5. The molecule has 0 atom stereocenters. The molecule has 0 fully saturated rings. The Labute approximate surface area is 340 Å². The van der Waals surface area contributed by atoms with Crippen LogP contribution in [0.2, 0.25) is 0 Å². The quantitative estimate of drug-likeness (QED) is 0.0727. The average Bonchev–Trinajstić information content (AvgIpc) is 3.19. The second-order valence-corrected chi connectivity index (χ2v) is 16.3. The van der Waals surface area contributed by atoms with Gasteiger partial charge in [0.2, 0.25) is 15.3 Å². The Bertz CT molecular complexity index is 2770. The van der Waals surface area contributed by atoms with E-state index in [1.54, 1.807) is 25.1 Å². The zero-order valence-corrected chi connectivity index (χ0v) is 32.7. The number of alkyl halides is 6. The van der Waals surface area contributed by atoms with Gasteiger partial charge in [-0.05, 0) is 121 Å². The molecule has 0 unspecified atom stereocenters. The molecule has 60 heavy (non-hydrogen) atoms. The van der Waals surface area contributed by atoms with Gasteiger partial charge in [-0.25, -0.2) is 8.42 Å². The summed E-state index contributed by atoms with van der Waals surface area (Å²) >= 11 is 0. The van der Waals surface area contributed by atoms with Crippen molar-refractivity contribution in [3.63, 3.8) is 0 Å². The number of halogens is 6. The summed E-state index contributed by atoms with van der Waals surface area (Å²) in [4.78, 5) is -1.05. The summed E-state index contributed by atoms with van der Waals surface area (Å²) in [7, 11) is -7.81. The number of terminal acetylenes is 1. The number of methoxy groups -OCH3 is 1. The minimum absolute atomic E-state index is 0.00213. The van der Waals surface area contributed by atoms with Crippen LogP contribution in [0.15, 0.2) is 148 Å². The van der Waals surface area contributed by atoms with Crippen LogP contribution >= 0.6 is 0 Å². The van der Waals surface area contributed by atoms with Crippen LogP contribution in [0.25, 0.3) is 0 Å². The third-order valence-corrected chi connectivity index (χ3v) is 11.8. The topological polar surface area (TPSA) is 125 Å². The first-order valence-corrected chi connectivity index (χ1v) is 20.2. The highest BCUT2D eigenvalue weighted by molar-refractivity contribution is 7.91. The smallest absolute Gasteiger partial charge is 0.411 e. The molecule has 0 heterocycles. The number of ether oxygens (including phenoxy) is 4. The normalized spacial score (nSPS) is 12.3. The molecule has 6 rings (SSSR count). The second-order valence-electron chi connectivity index (χ2n) is 13.0. The van der Waals surface area contributed by atoms with Crippen molar-refractivity contribution in [1.82, 2.24) is 0 Å². The third kappa shape index (κ3) is 8.62. The molecule has 0 aliphatic heterocycles. The van der Waals surface area contributed by atoms with E-state index in [-0.39, 0.29) is 50.0 Å². The van der Waals surface area contributed by atoms with Gasteiger partial charge in [-0.2, -0.15) is 34.8 Å². The molecule has 0 radical (unpaired) electrons. The summed E-state index contributed by atoms with van der Waals surface area (Å²) in [6, 6.07) is 25.0. The molecule has 1 N–H and O–H groups in total. The number of rotatable bonds is 12. The first kappa shape index (κ1) is 43.1. The van der Waals surface area contributed by atoms with E-state index in [0.29, 0.717) is 29.8 Å². The van der Waals surface area contributed by atoms with E-state index in [0.717, 1.165) is 35.9 Å². The van der Waals surface area contributed by atoms with E-state index in [1.807, 2.05) is 0 Å². The molecule has 17 heteroatoms. The van der Waals surface area contributed by atoms with Crippen molar-refractivity contribution in [3.05, 3.63) is 156 Å². The molecule has 310 valence electrons. The van der Waals surface area contributed by atoms with Crippen molar-refractivity contribution in [2.75, 3.05) is 7.11 Å². The fourth-order valence-electron chi connectivity index (χ4n) is 6.17. The van der Waals surface area contributed by atoms with E-state index in [1.165, 1.54) is 67.8 Å². The van der Waals surface area contributed by atoms with Crippen molar-refractivity contribution in [1.29, 1.82) is 0 Å². The van der Waals surface area contributed by atoms with Gasteiger partial charge in [-0.1, -0.05) is 36.3 Å². The minimum Gasteiger partial charge on any atom is -0.497 e. The fourth-order valence-corrected chi connectivity index (χ4v) is 8.06. The molecule has 0 spiro atoms. The van der Waals surface area contributed by atoms with Gasteiger partial charge in [0.15, 0.2) is 0 Å². The van der Waals surface area contributed by atoms with Gasteiger partial charge in [0, 0.05) is 6.07 Å². The highest BCUT2D eigenvalue weighted by Crippen LogP contribution is 2.56. The summed E-state index contributed by atoms with van der Waals surface area (Å²) in [6.45, 7) is 1.80. The summed E-state index contributed by atoms with van der Waals surface area (Å²) in [6.07, 6.45) is -6.07. The standard InChI is InChI=1S/C43H30F6O9S2/c1-4-28-6-5-27(2)25-39(28)58-35-19-24-38(40(26-35)60(52,53)54)57-34-17-22-37(23-18-34)59(50,51)36-20-15-33(16-21-36)56-32-13-9-30(10-14-32)41(42(44,45)46,43(47,48)49)29-7-11-31(55-3)12-8-29/h1,5-26H,2-3H3,(H,52,53,54). The molecule has 9 nitrogen and oxygen atoms in total. The van der Waals surface area contributed by atoms with E-state index in [4.69, 9.17) is 25.4 Å². The average molecular weight is 869 g/mol. The molecule has 0 saturated carbocycles. The van der Waals surface area contributed by atoms with Gasteiger partial charge in [0.05, 0.1) is 22.5 Å². The Morgan fingerprint density at radius 3 is 1.43 bits per heavy atom. The van der Waals surface area contributed by atoms with Gasteiger partial charge in [0.1, 0.15) is 45.1 Å². The molecular weight excluding hydrogens is 839 g/mol. The third-order valence-electron chi connectivity index (χ3n) is 9.11. The molecule has 0 amide bonds. The van der Waals surface area contributed by atoms with Crippen LogP contribution in [0.4, 0.5) is 26.3 Å². The Balaban J connectivity index is 1.18. The van der Waals surface area contributed by atoms with Crippen LogP contribution in [-0.4, -0.2) is 40.9 Å². The lowest BCUT2D eigenvalue weighted by molar-refractivity contribution is -0.288. The lowest BCUT2D eigenvalue weighted by Gasteiger charge is -2.38. The van der Waals surface area contributed by atoms with Gasteiger partial charge in [-0.3, -0.25) is 4.55 Å². The van der Waals surface area contributed by atoms with Crippen LogP contribution in [0.3, 0.4) is 0 Å². The zero-order chi connectivity index (χ0) is 43.7. The summed E-state index contributed by atoms with van der Waals surface area (Å²) in [5.74, 6) is 2.40. The summed E-state index contributed by atoms with van der Waals surface area (Å²) < 4.78 is 171. The second kappa shape index (κ2) is 16.3. The number of benzene rings is 6. The SMILES string of the molecule is C#Cc1ccc(C)cc1Oc1ccc(Oc2ccc(S(=O)(=O)c3ccc(Oc4ccc(C(c5ccc(OC)cc5)(C(F)(F)F)C(F)(F)F)cc4)cc3)cc2)c(S(=O)(=O)O)c1. The van der Waals surface area contributed by atoms with Crippen LogP contribution in [-0.2, 0) is 25.4 Å². The Morgan fingerprint density at radius 1 is 0.550 bits per heavy atom. The van der Waals surface area contributed by atoms with Crippen molar-refractivity contribution >= 4 is 20.0 Å². The van der Waals surface area contributed by atoms with Gasteiger partial charge < -0.3 is 18.9 Å². The van der Waals surface area contributed by atoms with E-state index in [9.17, 15) is 47.7 Å². The molecular formula is C43H30F6O9S2. The van der Waals surface area contributed by atoms with E-state index < -0.39 is 53.7 Å². The van der Waals surface area contributed by atoms with Crippen molar-refractivity contribution < 1.29 is 66.7 Å². The summed E-state index contributed by atoms with van der Waals surface area (Å²) in [5, 5.41) is 0. The number of hydrogen-bond donors (Lipinski definition) is 1. The molecule has 0 aromatic heterocycles. The lowest BCUT2D eigenvalue weighted by Crippen LogP contribution is -2.54. The predicted octanol–water partition coefficient (Wildman–Crippen LogP) is 10.9. The highest BCUT2D eigenvalue weighted by atomic mass is 32.2. The van der Waals surface area contributed by atoms with Crippen molar-refractivity contribution in [2.24, 2.45) is 0 Å². The number of sulfone groups is 1. The molecule has 0 saturated heterocycles. The molecule has 0 bridgehead atoms. The zero-order valence-electron chi connectivity index (χ0n) is 31.1. The van der Waals surface area contributed by atoms with Crippen LogP contribution < -0.4 is 18.9 Å². The van der Waals surface area contributed by atoms with E-state index >= 15 is 0 Å². The van der Waals surface area contributed by atoms with Crippen molar-refractivity contribution in [2.45, 2.75) is 39.4 Å². The van der Waals surface area contributed by atoms with Crippen LogP contribution in [0.5, 0.6) is 40.2 Å². The Hall–Kier alpha value is -6.48. The first-order valence-electron chi connectivity index (χ1n) is 17.2. The maximum absolute atomic E-state index is 14.5. The molecule has 6 aromatic rings. The fraction of sp³-hybridized carbons (Fsp3) is 0.116. The predicted molar refractivity (Wildman–Crippen MR) is 206 cm³/mol. The van der Waals surface area contributed by atoms with Crippen LogP contribution in [0, 0.1) is 19.3 Å². The number of hydrogen-bond acceptors (Lipinski definition) is 8. The van der Waals surface area contributed by atoms with E-state index in [2.05, 4.69) is 5.92 Å². The van der Waals surface area contributed by atoms with Gasteiger partial charge in [-0.15, -0.1) is 6.42 Å². The van der Waals surface area contributed by atoms with Crippen LogP contribution in [0.1, 0.15) is 22.3 Å². The van der Waals surface area contributed by atoms with Gasteiger partial charge in [0.25, 0.3) is 10.1 Å². The minimum atomic E-state index is -5.80. The first-order chi connectivity index (χ1) is 28.2.